The minimum Gasteiger partial charge on any atom is -0.467 e. The van der Waals surface area contributed by atoms with E-state index in [1.807, 2.05) is 0 Å². The van der Waals surface area contributed by atoms with Crippen molar-refractivity contribution in [1.82, 2.24) is 4.72 Å². The van der Waals surface area contributed by atoms with Crippen molar-refractivity contribution in [1.29, 1.82) is 0 Å². The number of hydrogen-bond donors (Lipinski definition) is 3. The van der Waals surface area contributed by atoms with Gasteiger partial charge in [-0.2, -0.15) is 13.1 Å². The standard InChI is InChI=1S/C8H14N2O4S/c1-6(10-15(9,12)13)5-7(11)8-3-2-4-14-8/h2-4,6-7,10-11H,5H2,1H3,(H2,9,12,13). The second kappa shape index (κ2) is 4.75. The molecule has 0 saturated carbocycles. The first-order chi connectivity index (χ1) is 6.88. The van der Waals surface area contributed by atoms with Gasteiger partial charge in [-0.25, -0.2) is 5.14 Å². The predicted molar refractivity (Wildman–Crippen MR) is 54.0 cm³/mol. The van der Waals surface area contributed by atoms with Gasteiger partial charge in [-0.15, -0.1) is 0 Å². The summed E-state index contributed by atoms with van der Waals surface area (Å²) in [7, 11) is -3.73. The van der Waals surface area contributed by atoms with E-state index in [0.717, 1.165) is 0 Å². The summed E-state index contributed by atoms with van der Waals surface area (Å²) in [6.45, 7) is 1.61. The van der Waals surface area contributed by atoms with Gasteiger partial charge in [0.1, 0.15) is 11.9 Å². The van der Waals surface area contributed by atoms with Gasteiger partial charge in [0.2, 0.25) is 0 Å². The highest BCUT2D eigenvalue weighted by atomic mass is 32.2. The van der Waals surface area contributed by atoms with Crippen LogP contribution in [0.25, 0.3) is 0 Å². The molecule has 0 radical (unpaired) electrons. The van der Waals surface area contributed by atoms with Crippen LogP contribution in [0.15, 0.2) is 22.8 Å². The van der Waals surface area contributed by atoms with Crippen LogP contribution in [0, 0.1) is 0 Å². The number of aliphatic hydroxyl groups excluding tert-OH is 1. The lowest BCUT2D eigenvalue weighted by molar-refractivity contribution is 0.132. The van der Waals surface area contributed by atoms with Crippen LogP contribution in [0.4, 0.5) is 0 Å². The van der Waals surface area contributed by atoms with Gasteiger partial charge in [0.15, 0.2) is 0 Å². The van der Waals surface area contributed by atoms with Crippen LogP contribution in [0.3, 0.4) is 0 Å². The first-order valence-electron chi connectivity index (χ1n) is 4.40. The van der Waals surface area contributed by atoms with Gasteiger partial charge in [0.25, 0.3) is 10.2 Å². The lowest BCUT2D eigenvalue weighted by Crippen LogP contribution is -2.38. The minimum atomic E-state index is -3.73. The summed E-state index contributed by atoms with van der Waals surface area (Å²) in [4.78, 5) is 0. The molecule has 0 aliphatic carbocycles. The number of furan rings is 1. The second-order valence-corrected chi connectivity index (χ2v) is 4.66. The Bertz CT molecular complexity index is 387. The van der Waals surface area contributed by atoms with Gasteiger partial charge in [0, 0.05) is 6.04 Å². The molecule has 1 aromatic heterocycles. The molecular weight excluding hydrogens is 220 g/mol. The summed E-state index contributed by atoms with van der Waals surface area (Å²) in [5, 5.41) is 14.4. The number of hydrogen-bond acceptors (Lipinski definition) is 4. The summed E-state index contributed by atoms with van der Waals surface area (Å²) < 4.78 is 28.5. The van der Waals surface area contributed by atoms with E-state index in [-0.39, 0.29) is 6.42 Å². The average molecular weight is 234 g/mol. The Hall–Kier alpha value is -0.890. The van der Waals surface area contributed by atoms with Crippen LogP contribution in [0.5, 0.6) is 0 Å². The maximum Gasteiger partial charge on any atom is 0.274 e. The molecule has 2 atom stereocenters. The molecule has 4 N–H and O–H groups in total. The molecule has 0 aliphatic heterocycles. The lowest BCUT2D eigenvalue weighted by atomic mass is 10.1. The van der Waals surface area contributed by atoms with E-state index in [1.54, 1.807) is 19.1 Å². The monoisotopic (exact) mass is 234 g/mol. The molecule has 2 unspecified atom stereocenters. The fraction of sp³-hybridized carbons (Fsp3) is 0.500. The van der Waals surface area contributed by atoms with E-state index in [4.69, 9.17) is 9.56 Å². The zero-order chi connectivity index (χ0) is 11.5. The molecule has 1 rings (SSSR count). The predicted octanol–water partition coefficient (Wildman–Crippen LogP) is -0.115. The molecule has 0 aliphatic rings. The number of nitrogens with one attached hydrogen (secondary N) is 1. The van der Waals surface area contributed by atoms with Crippen LogP contribution >= 0.6 is 0 Å². The van der Waals surface area contributed by atoms with Gasteiger partial charge < -0.3 is 9.52 Å². The van der Waals surface area contributed by atoms with E-state index >= 15 is 0 Å². The van der Waals surface area contributed by atoms with Crippen molar-refractivity contribution in [2.24, 2.45) is 5.14 Å². The third-order valence-electron chi connectivity index (χ3n) is 1.81. The van der Waals surface area contributed by atoms with Crippen LogP contribution in [-0.2, 0) is 10.2 Å². The molecule has 0 spiro atoms. The summed E-state index contributed by atoms with van der Waals surface area (Å²) >= 11 is 0. The Morgan fingerprint density at radius 2 is 2.33 bits per heavy atom. The van der Waals surface area contributed by atoms with Gasteiger partial charge >= 0.3 is 0 Å². The Morgan fingerprint density at radius 3 is 2.80 bits per heavy atom. The van der Waals surface area contributed by atoms with Crippen molar-refractivity contribution < 1.29 is 17.9 Å². The summed E-state index contributed by atoms with van der Waals surface area (Å²) in [6, 6.07) is 2.81. The van der Waals surface area contributed by atoms with Gasteiger partial charge in [-0.3, -0.25) is 0 Å². The Morgan fingerprint density at radius 1 is 1.67 bits per heavy atom. The van der Waals surface area contributed by atoms with Crippen LogP contribution < -0.4 is 9.86 Å². The number of rotatable bonds is 5. The van der Waals surface area contributed by atoms with Crippen molar-refractivity contribution in [2.75, 3.05) is 0 Å². The second-order valence-electron chi connectivity index (χ2n) is 3.33. The summed E-state index contributed by atoms with van der Waals surface area (Å²) in [6.07, 6.45) is 0.796. The van der Waals surface area contributed by atoms with Crippen LogP contribution in [0.2, 0.25) is 0 Å². The van der Waals surface area contributed by atoms with Gasteiger partial charge in [-0.1, -0.05) is 0 Å². The topological polar surface area (TPSA) is 106 Å². The zero-order valence-corrected chi connectivity index (χ0v) is 9.07. The molecule has 0 aromatic carbocycles. The van der Waals surface area contributed by atoms with Crippen LogP contribution in [0.1, 0.15) is 25.2 Å². The smallest absolute Gasteiger partial charge is 0.274 e. The van der Waals surface area contributed by atoms with Crippen LogP contribution in [-0.4, -0.2) is 19.6 Å². The molecule has 0 amide bonds. The summed E-state index contributed by atoms with van der Waals surface area (Å²) in [5.74, 6) is 0.401. The molecule has 86 valence electrons. The zero-order valence-electron chi connectivity index (χ0n) is 8.25. The highest BCUT2D eigenvalue weighted by molar-refractivity contribution is 7.87. The molecule has 6 nitrogen and oxygen atoms in total. The van der Waals surface area contributed by atoms with E-state index in [1.165, 1.54) is 6.26 Å². The van der Waals surface area contributed by atoms with Gasteiger partial charge in [-0.05, 0) is 25.5 Å². The van der Waals surface area contributed by atoms with Crippen molar-refractivity contribution in [3.8, 4) is 0 Å². The molecule has 0 bridgehead atoms. The maximum absolute atomic E-state index is 10.7. The molecule has 7 heteroatoms. The molecule has 1 heterocycles. The SMILES string of the molecule is CC(CC(O)c1ccco1)NS(N)(=O)=O. The summed E-state index contributed by atoms with van der Waals surface area (Å²) in [5.41, 5.74) is 0. The van der Waals surface area contributed by atoms with E-state index in [9.17, 15) is 13.5 Å². The third-order valence-corrected chi connectivity index (χ3v) is 2.54. The normalized spacial score (nSPS) is 16.2. The number of aliphatic hydroxyl groups is 1. The van der Waals surface area contributed by atoms with Crippen molar-refractivity contribution >= 4 is 10.2 Å². The first-order valence-corrected chi connectivity index (χ1v) is 5.94. The number of nitrogens with two attached hydrogens (primary N) is 1. The van der Waals surface area contributed by atoms with E-state index < -0.39 is 22.4 Å². The Balaban J connectivity index is 2.49. The quantitative estimate of drug-likeness (QED) is 0.660. The Kier molecular flexibility index (Phi) is 3.86. The first kappa shape index (κ1) is 12.2. The third kappa shape index (κ3) is 4.43. The largest absolute Gasteiger partial charge is 0.467 e. The molecule has 0 saturated heterocycles. The minimum absolute atomic E-state index is 0.198. The van der Waals surface area contributed by atoms with Crippen molar-refractivity contribution in [2.45, 2.75) is 25.5 Å². The molecule has 0 fully saturated rings. The average Bonchev–Trinajstić information content (AvgIpc) is 2.50. The Labute approximate surface area is 88.3 Å². The fourth-order valence-corrected chi connectivity index (χ4v) is 1.92. The van der Waals surface area contributed by atoms with E-state index in [0.29, 0.717) is 5.76 Å². The molecule has 15 heavy (non-hydrogen) atoms. The van der Waals surface area contributed by atoms with Crippen molar-refractivity contribution in [3.63, 3.8) is 0 Å². The molecule has 1 aromatic rings. The highest BCUT2D eigenvalue weighted by Crippen LogP contribution is 2.18. The van der Waals surface area contributed by atoms with Gasteiger partial charge in [0.05, 0.1) is 6.26 Å². The highest BCUT2D eigenvalue weighted by Gasteiger charge is 2.17. The maximum atomic E-state index is 10.7. The van der Waals surface area contributed by atoms with Crippen molar-refractivity contribution in [3.05, 3.63) is 24.2 Å². The lowest BCUT2D eigenvalue weighted by Gasteiger charge is -2.14. The van der Waals surface area contributed by atoms with E-state index in [2.05, 4.69) is 4.72 Å². The fourth-order valence-electron chi connectivity index (χ4n) is 1.26. The molecular formula is C8H14N2O4S.